The summed E-state index contributed by atoms with van der Waals surface area (Å²) in [5.41, 5.74) is 6.93. The Morgan fingerprint density at radius 2 is 2.19 bits per heavy atom. The second-order valence-electron chi connectivity index (χ2n) is 4.50. The predicted octanol–water partition coefficient (Wildman–Crippen LogP) is 2.94. The topological polar surface area (TPSA) is 50.9 Å². The van der Waals surface area contributed by atoms with Crippen LogP contribution in [0, 0.1) is 12.8 Å². The van der Waals surface area contributed by atoms with E-state index in [-0.39, 0.29) is 6.04 Å². The van der Waals surface area contributed by atoms with Crippen molar-refractivity contribution in [3.8, 4) is 0 Å². The Morgan fingerprint density at radius 3 is 2.75 bits per heavy atom. The van der Waals surface area contributed by atoms with E-state index in [1.165, 1.54) is 5.56 Å². The Kier molecular flexibility index (Phi) is 5.22. The first-order valence-electron chi connectivity index (χ1n) is 5.62. The molecule has 0 saturated carbocycles. The van der Waals surface area contributed by atoms with Crippen LogP contribution in [-0.2, 0) is 0 Å². The molecule has 0 aliphatic heterocycles. The van der Waals surface area contributed by atoms with E-state index in [9.17, 15) is 0 Å². The number of pyridine rings is 1. The van der Waals surface area contributed by atoms with Gasteiger partial charge in [-0.25, -0.2) is 4.98 Å². The molecule has 0 fully saturated rings. The van der Waals surface area contributed by atoms with Crippen molar-refractivity contribution in [2.24, 2.45) is 11.7 Å². The molecule has 1 heterocycles. The maximum absolute atomic E-state index is 5.75. The number of aryl methyl sites for hydroxylation is 1. The Morgan fingerprint density at radius 1 is 1.50 bits per heavy atom. The molecule has 0 aromatic carbocycles. The summed E-state index contributed by atoms with van der Waals surface area (Å²) < 4.78 is 1.03. The third-order valence-corrected chi connectivity index (χ3v) is 3.46. The monoisotopic (exact) mass is 285 g/mol. The highest BCUT2D eigenvalue weighted by atomic mass is 79.9. The van der Waals surface area contributed by atoms with Crippen LogP contribution in [0.15, 0.2) is 16.7 Å². The lowest BCUT2D eigenvalue weighted by Crippen LogP contribution is -2.30. The Bertz CT molecular complexity index is 339. The van der Waals surface area contributed by atoms with E-state index in [1.807, 2.05) is 12.3 Å². The minimum atomic E-state index is 0.283. The summed E-state index contributed by atoms with van der Waals surface area (Å²) in [4.78, 5) is 4.32. The quantitative estimate of drug-likeness (QED) is 0.875. The van der Waals surface area contributed by atoms with Gasteiger partial charge in [0.05, 0.1) is 4.47 Å². The molecule has 0 amide bonds. The van der Waals surface area contributed by atoms with Crippen LogP contribution >= 0.6 is 15.9 Å². The van der Waals surface area contributed by atoms with E-state index in [0.29, 0.717) is 12.5 Å². The predicted molar refractivity (Wildman–Crippen MR) is 72.6 cm³/mol. The van der Waals surface area contributed by atoms with Crippen LogP contribution in [0.1, 0.15) is 25.8 Å². The number of nitrogens with one attached hydrogen (secondary N) is 1. The molecule has 3 nitrogen and oxygen atoms in total. The van der Waals surface area contributed by atoms with Crippen LogP contribution in [0.2, 0.25) is 0 Å². The number of hydrogen-bond acceptors (Lipinski definition) is 3. The third-order valence-electron chi connectivity index (χ3n) is 2.46. The molecular formula is C12H20BrN3. The molecule has 1 atom stereocenters. The van der Waals surface area contributed by atoms with Gasteiger partial charge in [0.2, 0.25) is 0 Å². The normalized spacial score (nSPS) is 12.9. The van der Waals surface area contributed by atoms with Gasteiger partial charge in [-0.3, -0.25) is 0 Å². The lowest BCUT2D eigenvalue weighted by Gasteiger charge is -2.20. The van der Waals surface area contributed by atoms with Crippen LogP contribution in [0.25, 0.3) is 0 Å². The average Bonchev–Trinajstić information content (AvgIpc) is 2.23. The minimum absolute atomic E-state index is 0.283. The summed E-state index contributed by atoms with van der Waals surface area (Å²) in [5, 5.41) is 3.39. The highest BCUT2D eigenvalue weighted by Gasteiger charge is 2.11. The number of anilines is 1. The molecule has 1 rings (SSSR count). The first-order valence-corrected chi connectivity index (χ1v) is 6.41. The molecule has 0 bridgehead atoms. The fourth-order valence-electron chi connectivity index (χ4n) is 1.62. The molecule has 0 radical (unpaired) electrons. The fourth-order valence-corrected chi connectivity index (χ4v) is 1.97. The van der Waals surface area contributed by atoms with Crippen LogP contribution in [0.3, 0.4) is 0 Å². The van der Waals surface area contributed by atoms with E-state index in [2.05, 4.69) is 47.0 Å². The second-order valence-corrected chi connectivity index (χ2v) is 5.29. The van der Waals surface area contributed by atoms with Crippen molar-refractivity contribution in [3.05, 3.63) is 22.3 Å². The fraction of sp³-hybridized carbons (Fsp3) is 0.583. The number of nitrogens with two attached hydrogens (primary N) is 1. The molecule has 0 aliphatic rings. The molecule has 3 N–H and O–H groups in total. The number of nitrogens with zero attached hydrogens (tertiary/aromatic N) is 1. The summed E-state index contributed by atoms with van der Waals surface area (Å²) in [6, 6.07) is 2.26. The van der Waals surface area contributed by atoms with Gasteiger partial charge in [0, 0.05) is 18.8 Å². The van der Waals surface area contributed by atoms with Crippen LogP contribution < -0.4 is 11.1 Å². The van der Waals surface area contributed by atoms with E-state index < -0.39 is 0 Å². The minimum Gasteiger partial charge on any atom is -0.365 e. The average molecular weight is 286 g/mol. The summed E-state index contributed by atoms with van der Waals surface area (Å²) in [5.74, 6) is 1.51. The first kappa shape index (κ1) is 13.5. The highest BCUT2D eigenvalue weighted by molar-refractivity contribution is 9.10. The molecule has 4 heteroatoms. The maximum atomic E-state index is 5.75. The standard InChI is InChI=1S/C12H20BrN3/c1-8(2)6-10(7-14)16-12-11(13)9(3)4-5-15-12/h4-5,8,10H,6-7,14H2,1-3H3,(H,15,16). The number of halogens is 1. The van der Waals surface area contributed by atoms with Gasteiger partial charge < -0.3 is 11.1 Å². The van der Waals surface area contributed by atoms with Gasteiger partial charge in [0.1, 0.15) is 5.82 Å². The smallest absolute Gasteiger partial charge is 0.140 e. The summed E-state index contributed by atoms with van der Waals surface area (Å²) in [7, 11) is 0. The van der Waals surface area contributed by atoms with Crippen LogP contribution in [-0.4, -0.2) is 17.6 Å². The maximum Gasteiger partial charge on any atom is 0.140 e. The molecule has 1 unspecified atom stereocenters. The molecule has 1 aromatic rings. The molecular weight excluding hydrogens is 266 g/mol. The van der Waals surface area contributed by atoms with Gasteiger partial charge in [0.25, 0.3) is 0 Å². The molecule has 90 valence electrons. The molecule has 1 aromatic heterocycles. The van der Waals surface area contributed by atoms with Gasteiger partial charge in [-0.2, -0.15) is 0 Å². The van der Waals surface area contributed by atoms with Crippen molar-refractivity contribution in [2.45, 2.75) is 33.2 Å². The largest absolute Gasteiger partial charge is 0.365 e. The Labute approximate surface area is 106 Å². The van der Waals surface area contributed by atoms with Gasteiger partial charge in [0.15, 0.2) is 0 Å². The number of aromatic nitrogens is 1. The zero-order valence-electron chi connectivity index (χ0n) is 10.1. The Balaban J connectivity index is 2.74. The summed E-state index contributed by atoms with van der Waals surface area (Å²) in [6.07, 6.45) is 2.87. The third kappa shape index (κ3) is 3.76. The summed E-state index contributed by atoms with van der Waals surface area (Å²) in [6.45, 7) is 7.07. The van der Waals surface area contributed by atoms with Crippen LogP contribution in [0.4, 0.5) is 5.82 Å². The van der Waals surface area contributed by atoms with Gasteiger partial charge in [-0.1, -0.05) is 13.8 Å². The Hall–Kier alpha value is -0.610. The van der Waals surface area contributed by atoms with Crippen molar-refractivity contribution >= 4 is 21.7 Å². The van der Waals surface area contributed by atoms with Crippen molar-refractivity contribution in [2.75, 3.05) is 11.9 Å². The SMILES string of the molecule is Cc1ccnc(NC(CN)CC(C)C)c1Br. The van der Waals surface area contributed by atoms with Crippen molar-refractivity contribution in [3.63, 3.8) is 0 Å². The first-order chi connectivity index (χ1) is 7.54. The zero-order chi connectivity index (χ0) is 12.1. The van der Waals surface area contributed by atoms with E-state index in [1.54, 1.807) is 0 Å². The van der Waals surface area contributed by atoms with E-state index in [0.717, 1.165) is 16.7 Å². The van der Waals surface area contributed by atoms with Gasteiger partial charge >= 0.3 is 0 Å². The molecule has 0 saturated heterocycles. The van der Waals surface area contributed by atoms with Gasteiger partial charge in [-0.05, 0) is 46.8 Å². The molecule has 0 aliphatic carbocycles. The highest BCUT2D eigenvalue weighted by Crippen LogP contribution is 2.24. The zero-order valence-corrected chi connectivity index (χ0v) is 11.7. The van der Waals surface area contributed by atoms with Crippen molar-refractivity contribution in [1.82, 2.24) is 4.98 Å². The lowest BCUT2D eigenvalue weighted by atomic mass is 10.0. The molecule has 0 spiro atoms. The van der Waals surface area contributed by atoms with Gasteiger partial charge in [-0.15, -0.1) is 0 Å². The van der Waals surface area contributed by atoms with Crippen molar-refractivity contribution in [1.29, 1.82) is 0 Å². The van der Waals surface area contributed by atoms with Crippen LogP contribution in [0.5, 0.6) is 0 Å². The lowest BCUT2D eigenvalue weighted by molar-refractivity contribution is 0.521. The van der Waals surface area contributed by atoms with Crippen molar-refractivity contribution < 1.29 is 0 Å². The number of rotatable bonds is 5. The van der Waals surface area contributed by atoms with E-state index in [4.69, 9.17) is 5.73 Å². The molecule has 16 heavy (non-hydrogen) atoms. The second kappa shape index (κ2) is 6.21. The number of hydrogen-bond donors (Lipinski definition) is 2. The summed E-state index contributed by atoms with van der Waals surface area (Å²) >= 11 is 3.54. The van der Waals surface area contributed by atoms with E-state index >= 15 is 0 Å².